The van der Waals surface area contributed by atoms with Crippen LogP contribution in [0.3, 0.4) is 0 Å². The molecule has 2 N–H and O–H groups in total. The number of likely N-dealkylation sites (tertiary alicyclic amines) is 1. The Hall–Kier alpha value is -2.45. The molecule has 1 heterocycles. The Labute approximate surface area is 129 Å². The molecule has 1 fully saturated rings. The molecule has 2 rings (SSSR count). The summed E-state index contributed by atoms with van der Waals surface area (Å²) in [6, 6.07) is 5.07. The summed E-state index contributed by atoms with van der Waals surface area (Å²) in [5.74, 6) is -1.57. The van der Waals surface area contributed by atoms with E-state index in [9.17, 15) is 22.8 Å². The molecule has 6 nitrogen and oxygen atoms in total. The standard InChI is InChI=1S/C14H15F3N2O4/c15-14(16,17)8-23-11-3-1-2-10(6-11)18-13(22)19-5-4-9(7-19)12(20)21/h1-3,6,9H,4-5,7-8H2,(H,18,22)(H,20,21). The van der Waals surface area contributed by atoms with Crippen molar-refractivity contribution in [3.63, 3.8) is 0 Å². The van der Waals surface area contributed by atoms with Crippen LogP contribution in [-0.2, 0) is 4.79 Å². The van der Waals surface area contributed by atoms with Crippen LogP contribution in [0, 0.1) is 5.92 Å². The molecule has 0 bridgehead atoms. The SMILES string of the molecule is O=C(O)C1CCN(C(=O)Nc2cccc(OCC(F)(F)F)c2)C1. The molecule has 0 radical (unpaired) electrons. The van der Waals surface area contributed by atoms with Crippen molar-refractivity contribution in [2.75, 3.05) is 25.0 Å². The van der Waals surface area contributed by atoms with Crippen molar-refractivity contribution in [2.24, 2.45) is 5.92 Å². The summed E-state index contributed by atoms with van der Waals surface area (Å²) < 4.78 is 40.9. The van der Waals surface area contributed by atoms with Crippen molar-refractivity contribution in [3.05, 3.63) is 24.3 Å². The second-order valence-corrected chi connectivity index (χ2v) is 5.13. The van der Waals surface area contributed by atoms with E-state index in [2.05, 4.69) is 10.1 Å². The number of carbonyl (C=O) groups excluding carboxylic acids is 1. The predicted octanol–water partition coefficient (Wildman–Crippen LogP) is 2.57. The quantitative estimate of drug-likeness (QED) is 0.888. The number of nitrogens with zero attached hydrogens (tertiary/aromatic N) is 1. The van der Waals surface area contributed by atoms with E-state index < -0.39 is 30.7 Å². The summed E-state index contributed by atoms with van der Waals surface area (Å²) in [6.07, 6.45) is -4.07. The summed E-state index contributed by atoms with van der Waals surface area (Å²) in [5.41, 5.74) is 0.272. The van der Waals surface area contributed by atoms with Gasteiger partial charge in [0, 0.05) is 24.8 Å². The van der Waals surface area contributed by atoms with Crippen LogP contribution in [0.1, 0.15) is 6.42 Å². The second kappa shape index (κ2) is 6.76. The number of ether oxygens (including phenoxy) is 1. The van der Waals surface area contributed by atoms with Crippen LogP contribution < -0.4 is 10.1 Å². The largest absolute Gasteiger partial charge is 0.484 e. The predicted molar refractivity (Wildman–Crippen MR) is 74.3 cm³/mol. The fraction of sp³-hybridized carbons (Fsp3) is 0.429. The number of alkyl halides is 3. The van der Waals surface area contributed by atoms with Crippen LogP contribution in [0.15, 0.2) is 24.3 Å². The minimum absolute atomic E-state index is 0.0232. The first-order chi connectivity index (χ1) is 10.7. The van der Waals surface area contributed by atoms with E-state index >= 15 is 0 Å². The molecule has 1 saturated heterocycles. The average molecular weight is 332 g/mol. The second-order valence-electron chi connectivity index (χ2n) is 5.13. The lowest BCUT2D eigenvalue weighted by molar-refractivity contribution is -0.153. The first-order valence-corrected chi connectivity index (χ1v) is 6.83. The Morgan fingerprint density at radius 3 is 2.74 bits per heavy atom. The van der Waals surface area contributed by atoms with E-state index in [1.165, 1.54) is 29.2 Å². The van der Waals surface area contributed by atoms with E-state index in [0.29, 0.717) is 13.0 Å². The zero-order valence-corrected chi connectivity index (χ0v) is 12.0. The number of anilines is 1. The molecule has 0 spiro atoms. The van der Waals surface area contributed by atoms with Gasteiger partial charge in [-0.05, 0) is 18.6 Å². The van der Waals surface area contributed by atoms with Crippen LogP contribution in [0.4, 0.5) is 23.7 Å². The molecule has 1 aromatic carbocycles. The highest BCUT2D eigenvalue weighted by Crippen LogP contribution is 2.22. The maximum Gasteiger partial charge on any atom is 0.422 e. The van der Waals surface area contributed by atoms with Crippen LogP contribution in [0.2, 0.25) is 0 Å². The Bertz CT molecular complexity index is 592. The van der Waals surface area contributed by atoms with Crippen molar-refractivity contribution >= 4 is 17.7 Å². The van der Waals surface area contributed by atoms with E-state index in [0.717, 1.165) is 0 Å². The third kappa shape index (κ3) is 5.04. The van der Waals surface area contributed by atoms with Gasteiger partial charge in [-0.1, -0.05) is 6.07 Å². The van der Waals surface area contributed by atoms with Crippen molar-refractivity contribution < 1.29 is 32.6 Å². The molecule has 1 aliphatic rings. The summed E-state index contributed by atoms with van der Waals surface area (Å²) in [4.78, 5) is 24.2. The van der Waals surface area contributed by atoms with E-state index in [1.54, 1.807) is 0 Å². The third-order valence-corrected chi connectivity index (χ3v) is 3.31. The maximum absolute atomic E-state index is 12.1. The highest BCUT2D eigenvalue weighted by Gasteiger charge is 2.31. The molecule has 23 heavy (non-hydrogen) atoms. The van der Waals surface area contributed by atoms with Gasteiger partial charge in [-0.3, -0.25) is 4.79 Å². The molecule has 1 atom stereocenters. The number of carbonyl (C=O) groups is 2. The fourth-order valence-electron chi connectivity index (χ4n) is 2.18. The molecule has 1 aromatic rings. The van der Waals surface area contributed by atoms with E-state index in [-0.39, 0.29) is 18.0 Å². The first kappa shape index (κ1) is 16.9. The number of halogens is 3. The van der Waals surface area contributed by atoms with Crippen LogP contribution in [0.5, 0.6) is 5.75 Å². The highest BCUT2D eigenvalue weighted by molar-refractivity contribution is 5.90. The topological polar surface area (TPSA) is 78.9 Å². The number of urea groups is 1. The maximum atomic E-state index is 12.1. The van der Waals surface area contributed by atoms with Crippen molar-refractivity contribution in [1.82, 2.24) is 4.90 Å². The average Bonchev–Trinajstić information content (AvgIpc) is 2.95. The zero-order chi connectivity index (χ0) is 17.0. The zero-order valence-electron chi connectivity index (χ0n) is 12.0. The number of benzene rings is 1. The number of hydrogen-bond donors (Lipinski definition) is 2. The van der Waals surface area contributed by atoms with Crippen molar-refractivity contribution in [2.45, 2.75) is 12.6 Å². The third-order valence-electron chi connectivity index (χ3n) is 3.31. The molecule has 9 heteroatoms. The summed E-state index contributed by atoms with van der Waals surface area (Å²) in [6.45, 7) is -1.00. The molecule has 2 amide bonds. The van der Waals surface area contributed by atoms with Gasteiger partial charge in [0.25, 0.3) is 0 Å². The van der Waals surface area contributed by atoms with Gasteiger partial charge in [0.2, 0.25) is 0 Å². The molecular formula is C14H15F3N2O4. The number of rotatable bonds is 4. The normalized spacial score (nSPS) is 17.9. The summed E-state index contributed by atoms with van der Waals surface area (Å²) in [7, 11) is 0. The Kier molecular flexibility index (Phi) is 4.97. The van der Waals surface area contributed by atoms with Gasteiger partial charge >= 0.3 is 18.2 Å². The molecule has 1 aliphatic heterocycles. The van der Waals surface area contributed by atoms with Gasteiger partial charge in [-0.25, -0.2) is 4.79 Å². The molecule has 0 aliphatic carbocycles. The minimum Gasteiger partial charge on any atom is -0.484 e. The number of nitrogens with one attached hydrogen (secondary N) is 1. The van der Waals surface area contributed by atoms with Crippen molar-refractivity contribution in [3.8, 4) is 5.75 Å². The number of carboxylic acids is 1. The monoisotopic (exact) mass is 332 g/mol. The number of aliphatic carboxylic acids is 1. The van der Waals surface area contributed by atoms with Crippen LogP contribution in [-0.4, -0.2) is 47.9 Å². The minimum atomic E-state index is -4.44. The van der Waals surface area contributed by atoms with Gasteiger partial charge in [0.1, 0.15) is 5.75 Å². The van der Waals surface area contributed by atoms with E-state index in [4.69, 9.17) is 5.11 Å². The first-order valence-electron chi connectivity index (χ1n) is 6.83. The molecule has 0 aromatic heterocycles. The lowest BCUT2D eigenvalue weighted by Crippen LogP contribution is -2.33. The van der Waals surface area contributed by atoms with Gasteiger partial charge in [0.05, 0.1) is 5.92 Å². The molecule has 126 valence electrons. The molecular weight excluding hydrogens is 317 g/mol. The molecule has 1 unspecified atom stereocenters. The Morgan fingerprint density at radius 2 is 2.13 bits per heavy atom. The molecule has 0 saturated carbocycles. The summed E-state index contributed by atoms with van der Waals surface area (Å²) in [5, 5.41) is 11.4. The summed E-state index contributed by atoms with van der Waals surface area (Å²) >= 11 is 0. The number of carboxylic acid groups (broad SMARTS) is 1. The van der Waals surface area contributed by atoms with Gasteiger partial charge in [-0.2, -0.15) is 13.2 Å². The van der Waals surface area contributed by atoms with Crippen LogP contribution >= 0.6 is 0 Å². The van der Waals surface area contributed by atoms with E-state index in [1.807, 2.05) is 0 Å². The lowest BCUT2D eigenvalue weighted by Gasteiger charge is -2.17. The number of amides is 2. The number of hydrogen-bond acceptors (Lipinski definition) is 3. The van der Waals surface area contributed by atoms with Gasteiger partial charge in [-0.15, -0.1) is 0 Å². The Balaban J connectivity index is 1.92. The van der Waals surface area contributed by atoms with Gasteiger partial charge < -0.3 is 20.1 Å². The van der Waals surface area contributed by atoms with Crippen LogP contribution in [0.25, 0.3) is 0 Å². The van der Waals surface area contributed by atoms with Gasteiger partial charge in [0.15, 0.2) is 6.61 Å². The Morgan fingerprint density at radius 1 is 1.39 bits per heavy atom. The lowest BCUT2D eigenvalue weighted by atomic mass is 10.1. The fourth-order valence-corrected chi connectivity index (χ4v) is 2.18. The highest BCUT2D eigenvalue weighted by atomic mass is 19.4. The smallest absolute Gasteiger partial charge is 0.422 e. The van der Waals surface area contributed by atoms with Crippen molar-refractivity contribution in [1.29, 1.82) is 0 Å².